The number of benzene rings is 2. The zero-order valence-corrected chi connectivity index (χ0v) is 16.8. The zero-order chi connectivity index (χ0) is 19.1. The van der Waals surface area contributed by atoms with Gasteiger partial charge < -0.3 is 16.0 Å². The maximum absolute atomic E-state index is 12.6. The second-order valence-electron chi connectivity index (χ2n) is 6.48. The molecule has 2 aromatic rings. The van der Waals surface area contributed by atoms with Gasteiger partial charge in [-0.05, 0) is 43.7 Å². The van der Waals surface area contributed by atoms with Gasteiger partial charge in [0.2, 0.25) is 11.8 Å². The van der Waals surface area contributed by atoms with Crippen molar-refractivity contribution < 1.29 is 9.59 Å². The predicted octanol–water partition coefficient (Wildman–Crippen LogP) is 3.63. The third-order valence-electron chi connectivity index (χ3n) is 4.46. The lowest BCUT2D eigenvalue weighted by Gasteiger charge is -2.21. The third kappa shape index (κ3) is 6.38. The van der Waals surface area contributed by atoms with Crippen LogP contribution in [0.25, 0.3) is 0 Å². The molecule has 0 aliphatic heterocycles. The van der Waals surface area contributed by atoms with Crippen molar-refractivity contribution in [2.45, 2.75) is 33.2 Å². The molecule has 0 saturated heterocycles. The smallest absolute Gasteiger partial charge is 0.231 e. The molecule has 2 amide bonds. The number of amides is 2. The van der Waals surface area contributed by atoms with E-state index in [1.165, 1.54) is 0 Å². The Bertz CT molecular complexity index is 733. The quantitative estimate of drug-likeness (QED) is 0.759. The molecule has 2 unspecified atom stereocenters. The number of carbonyl (C=O) groups is 2. The van der Waals surface area contributed by atoms with Crippen molar-refractivity contribution in [3.63, 3.8) is 0 Å². The third-order valence-corrected chi connectivity index (χ3v) is 4.46. The van der Waals surface area contributed by atoms with Gasteiger partial charge in [0.15, 0.2) is 0 Å². The molecule has 0 spiro atoms. The Morgan fingerprint density at radius 2 is 1.63 bits per heavy atom. The molecule has 0 fully saturated rings. The van der Waals surface area contributed by atoms with Gasteiger partial charge in [0.05, 0.1) is 12.3 Å². The van der Waals surface area contributed by atoms with E-state index < -0.39 is 0 Å². The highest BCUT2D eigenvalue weighted by Crippen LogP contribution is 2.17. The molecule has 0 aliphatic rings. The maximum atomic E-state index is 12.6. The summed E-state index contributed by atoms with van der Waals surface area (Å²) >= 11 is 0. The van der Waals surface area contributed by atoms with E-state index in [1.807, 2.05) is 68.4 Å². The first kappa shape index (κ1) is 22.7. The van der Waals surface area contributed by atoms with Crippen molar-refractivity contribution in [1.29, 1.82) is 0 Å². The Hall–Kier alpha value is -2.37. The standard InChI is InChI=1S/C21H27N3O2.ClH/c1-4-24(19-8-6-5-7-9-19)20(25)14-17-10-12-18(13-11-17)23-21(26)15(2)16(3)22;/h5-13,15-16H,4,14,22H2,1-3H3,(H,23,26);1H. The molecular formula is C21H28ClN3O2. The van der Waals surface area contributed by atoms with Gasteiger partial charge in [0.1, 0.15) is 0 Å². The summed E-state index contributed by atoms with van der Waals surface area (Å²) in [5, 5.41) is 2.85. The molecule has 0 saturated carbocycles. The number of halogens is 1. The molecule has 2 rings (SSSR count). The van der Waals surface area contributed by atoms with E-state index in [2.05, 4.69) is 5.32 Å². The minimum atomic E-state index is -0.264. The van der Waals surface area contributed by atoms with Crippen LogP contribution in [0.15, 0.2) is 54.6 Å². The van der Waals surface area contributed by atoms with Crippen LogP contribution in [0.4, 0.5) is 11.4 Å². The molecule has 0 aromatic heterocycles. The van der Waals surface area contributed by atoms with Crippen LogP contribution in [-0.2, 0) is 16.0 Å². The SMILES string of the molecule is CCN(C(=O)Cc1ccc(NC(=O)C(C)C(C)N)cc1)c1ccccc1.Cl. The Morgan fingerprint density at radius 1 is 1.04 bits per heavy atom. The lowest BCUT2D eigenvalue weighted by atomic mass is 10.0. The van der Waals surface area contributed by atoms with Crippen molar-refractivity contribution in [2.24, 2.45) is 11.7 Å². The number of anilines is 2. The molecule has 3 N–H and O–H groups in total. The summed E-state index contributed by atoms with van der Waals surface area (Å²) in [6.07, 6.45) is 0.313. The molecule has 2 aromatic carbocycles. The Kier molecular flexibility index (Phi) is 8.98. The second kappa shape index (κ2) is 10.7. The largest absolute Gasteiger partial charge is 0.327 e. The van der Waals surface area contributed by atoms with Crippen molar-refractivity contribution in [1.82, 2.24) is 0 Å². The summed E-state index contributed by atoms with van der Waals surface area (Å²) in [6.45, 7) is 6.19. The van der Waals surface area contributed by atoms with E-state index >= 15 is 0 Å². The van der Waals surface area contributed by atoms with Crippen LogP contribution in [-0.4, -0.2) is 24.4 Å². The van der Waals surface area contributed by atoms with E-state index in [0.29, 0.717) is 18.7 Å². The Morgan fingerprint density at radius 3 is 2.15 bits per heavy atom. The lowest BCUT2D eigenvalue weighted by Crippen LogP contribution is -2.34. The van der Waals surface area contributed by atoms with Crippen LogP contribution in [0.3, 0.4) is 0 Å². The molecule has 0 bridgehead atoms. The highest BCUT2D eigenvalue weighted by molar-refractivity contribution is 5.95. The van der Waals surface area contributed by atoms with E-state index in [0.717, 1.165) is 11.3 Å². The number of nitrogens with zero attached hydrogens (tertiary/aromatic N) is 1. The molecule has 0 aliphatic carbocycles. The number of nitrogens with two attached hydrogens (primary N) is 1. The molecular weight excluding hydrogens is 362 g/mol. The summed E-state index contributed by atoms with van der Waals surface area (Å²) in [6, 6.07) is 16.8. The molecule has 27 heavy (non-hydrogen) atoms. The normalized spacial score (nSPS) is 12.4. The number of para-hydroxylation sites is 1. The Balaban J connectivity index is 0.00000364. The van der Waals surface area contributed by atoms with Crippen molar-refractivity contribution in [3.8, 4) is 0 Å². The Labute approximate surface area is 167 Å². The summed E-state index contributed by atoms with van der Waals surface area (Å²) < 4.78 is 0. The summed E-state index contributed by atoms with van der Waals surface area (Å²) in [7, 11) is 0. The van der Waals surface area contributed by atoms with Crippen LogP contribution >= 0.6 is 12.4 Å². The molecule has 0 radical (unpaired) electrons. The number of carbonyl (C=O) groups excluding carboxylic acids is 2. The average molecular weight is 390 g/mol. The van der Waals surface area contributed by atoms with Crippen LogP contribution < -0.4 is 16.0 Å². The fourth-order valence-corrected chi connectivity index (χ4v) is 2.58. The zero-order valence-electron chi connectivity index (χ0n) is 16.0. The lowest BCUT2D eigenvalue weighted by molar-refractivity contribution is -0.120. The number of rotatable bonds is 7. The number of nitrogens with one attached hydrogen (secondary N) is 1. The molecule has 5 nitrogen and oxygen atoms in total. The van der Waals surface area contributed by atoms with Gasteiger partial charge in [-0.15, -0.1) is 12.4 Å². The monoisotopic (exact) mass is 389 g/mol. The van der Waals surface area contributed by atoms with Gasteiger partial charge in [0.25, 0.3) is 0 Å². The van der Waals surface area contributed by atoms with E-state index in [4.69, 9.17) is 5.73 Å². The summed E-state index contributed by atoms with van der Waals surface area (Å²) in [5.41, 5.74) is 8.26. The molecule has 0 heterocycles. The van der Waals surface area contributed by atoms with E-state index in [9.17, 15) is 9.59 Å². The first-order valence-electron chi connectivity index (χ1n) is 8.93. The number of hydrogen-bond donors (Lipinski definition) is 2. The molecule has 2 atom stereocenters. The first-order valence-corrected chi connectivity index (χ1v) is 8.93. The highest BCUT2D eigenvalue weighted by atomic mass is 35.5. The van der Waals surface area contributed by atoms with E-state index in [-0.39, 0.29) is 36.2 Å². The topological polar surface area (TPSA) is 75.4 Å². The van der Waals surface area contributed by atoms with Crippen molar-refractivity contribution >= 4 is 35.6 Å². The highest BCUT2D eigenvalue weighted by Gasteiger charge is 2.17. The number of hydrogen-bond acceptors (Lipinski definition) is 3. The van der Waals surface area contributed by atoms with Gasteiger partial charge in [0, 0.05) is 24.0 Å². The number of likely N-dealkylation sites (N-methyl/N-ethyl adjacent to an activating group) is 1. The minimum absolute atomic E-state index is 0. The minimum Gasteiger partial charge on any atom is -0.327 e. The van der Waals surface area contributed by atoms with Gasteiger partial charge in [-0.2, -0.15) is 0 Å². The average Bonchev–Trinajstić information content (AvgIpc) is 2.64. The van der Waals surface area contributed by atoms with Crippen LogP contribution in [0.1, 0.15) is 26.3 Å². The molecule has 146 valence electrons. The van der Waals surface area contributed by atoms with E-state index in [1.54, 1.807) is 11.8 Å². The van der Waals surface area contributed by atoms with Gasteiger partial charge in [-0.3, -0.25) is 9.59 Å². The predicted molar refractivity (Wildman–Crippen MR) is 113 cm³/mol. The van der Waals surface area contributed by atoms with Gasteiger partial charge >= 0.3 is 0 Å². The van der Waals surface area contributed by atoms with Crippen molar-refractivity contribution in [2.75, 3.05) is 16.8 Å². The van der Waals surface area contributed by atoms with Crippen LogP contribution in [0.5, 0.6) is 0 Å². The van der Waals surface area contributed by atoms with Crippen LogP contribution in [0, 0.1) is 5.92 Å². The molecule has 6 heteroatoms. The van der Waals surface area contributed by atoms with Gasteiger partial charge in [-0.1, -0.05) is 37.3 Å². The summed E-state index contributed by atoms with van der Waals surface area (Å²) in [5.74, 6) is -0.327. The first-order chi connectivity index (χ1) is 12.4. The summed E-state index contributed by atoms with van der Waals surface area (Å²) in [4.78, 5) is 26.4. The van der Waals surface area contributed by atoms with Crippen LogP contribution in [0.2, 0.25) is 0 Å². The fraction of sp³-hybridized carbons (Fsp3) is 0.333. The van der Waals surface area contributed by atoms with Gasteiger partial charge in [-0.25, -0.2) is 0 Å². The fourth-order valence-electron chi connectivity index (χ4n) is 2.58. The second-order valence-corrected chi connectivity index (χ2v) is 6.48. The van der Waals surface area contributed by atoms with Crippen molar-refractivity contribution in [3.05, 3.63) is 60.2 Å². The maximum Gasteiger partial charge on any atom is 0.231 e.